The summed E-state index contributed by atoms with van der Waals surface area (Å²) in [6.07, 6.45) is 2.66. The Morgan fingerprint density at radius 2 is 2.11 bits per heavy atom. The first-order valence-electron chi connectivity index (χ1n) is 9.73. The third kappa shape index (κ3) is 4.66. The fourth-order valence-electron chi connectivity index (χ4n) is 3.46. The van der Waals surface area contributed by atoms with E-state index in [1.807, 2.05) is 45.0 Å². The highest BCUT2D eigenvalue weighted by molar-refractivity contribution is 5.93. The SMILES string of the molecule is CCc1c(C(=O)NC2CCNC(C)C2)nnn1-c1ccc(OC(C)C)cc1. The molecule has 146 valence electrons. The first kappa shape index (κ1) is 19.4. The molecule has 1 saturated heterocycles. The minimum Gasteiger partial charge on any atom is -0.491 e. The van der Waals surface area contributed by atoms with E-state index in [4.69, 9.17) is 4.74 Å². The Balaban J connectivity index is 1.77. The number of nitrogens with zero attached hydrogens (tertiary/aromatic N) is 3. The number of hydrogen-bond donors (Lipinski definition) is 2. The predicted octanol–water partition coefficient (Wildman–Crippen LogP) is 2.49. The molecule has 2 heterocycles. The number of amides is 1. The van der Waals surface area contributed by atoms with Gasteiger partial charge in [-0.3, -0.25) is 4.79 Å². The van der Waals surface area contributed by atoms with Crippen molar-refractivity contribution in [1.82, 2.24) is 25.6 Å². The molecule has 1 aliphatic heterocycles. The zero-order valence-electron chi connectivity index (χ0n) is 16.5. The number of aromatic nitrogens is 3. The monoisotopic (exact) mass is 371 g/mol. The fourth-order valence-corrected chi connectivity index (χ4v) is 3.46. The van der Waals surface area contributed by atoms with Crippen molar-refractivity contribution in [2.45, 2.75) is 65.1 Å². The number of ether oxygens (including phenoxy) is 1. The van der Waals surface area contributed by atoms with E-state index in [9.17, 15) is 4.79 Å². The number of nitrogens with one attached hydrogen (secondary N) is 2. The second-order valence-electron chi connectivity index (χ2n) is 7.36. The molecule has 3 rings (SSSR count). The molecule has 7 nitrogen and oxygen atoms in total. The van der Waals surface area contributed by atoms with Gasteiger partial charge in [0, 0.05) is 12.1 Å². The third-order valence-electron chi connectivity index (χ3n) is 4.73. The molecule has 0 bridgehead atoms. The molecule has 1 aromatic carbocycles. The van der Waals surface area contributed by atoms with Crippen molar-refractivity contribution in [2.75, 3.05) is 6.54 Å². The summed E-state index contributed by atoms with van der Waals surface area (Å²) in [5.74, 6) is 0.668. The maximum atomic E-state index is 12.8. The number of piperidine rings is 1. The van der Waals surface area contributed by atoms with Gasteiger partial charge < -0.3 is 15.4 Å². The van der Waals surface area contributed by atoms with E-state index in [-0.39, 0.29) is 18.1 Å². The Kier molecular flexibility index (Phi) is 6.11. The molecule has 2 N–H and O–H groups in total. The zero-order chi connectivity index (χ0) is 19.4. The Morgan fingerprint density at radius 3 is 2.74 bits per heavy atom. The predicted molar refractivity (Wildman–Crippen MR) is 104 cm³/mol. The van der Waals surface area contributed by atoms with Gasteiger partial charge in [-0.1, -0.05) is 12.1 Å². The summed E-state index contributed by atoms with van der Waals surface area (Å²) in [4.78, 5) is 12.8. The van der Waals surface area contributed by atoms with Crippen molar-refractivity contribution >= 4 is 5.91 Å². The molecule has 0 aliphatic carbocycles. The van der Waals surface area contributed by atoms with E-state index in [2.05, 4.69) is 27.9 Å². The molecule has 27 heavy (non-hydrogen) atoms. The van der Waals surface area contributed by atoms with Crippen LogP contribution in [-0.2, 0) is 6.42 Å². The third-order valence-corrected chi connectivity index (χ3v) is 4.73. The fraction of sp³-hybridized carbons (Fsp3) is 0.550. The van der Waals surface area contributed by atoms with Crippen LogP contribution in [-0.4, -0.2) is 45.6 Å². The van der Waals surface area contributed by atoms with Gasteiger partial charge in [0.25, 0.3) is 5.91 Å². The van der Waals surface area contributed by atoms with Gasteiger partial charge >= 0.3 is 0 Å². The maximum absolute atomic E-state index is 12.8. The molecule has 1 aliphatic rings. The summed E-state index contributed by atoms with van der Waals surface area (Å²) in [5, 5.41) is 14.9. The van der Waals surface area contributed by atoms with Crippen LogP contribution in [0.3, 0.4) is 0 Å². The molecule has 0 spiro atoms. The van der Waals surface area contributed by atoms with Crippen LogP contribution >= 0.6 is 0 Å². The summed E-state index contributed by atoms with van der Waals surface area (Å²) < 4.78 is 7.42. The van der Waals surface area contributed by atoms with Crippen LogP contribution in [0.5, 0.6) is 5.75 Å². The van der Waals surface area contributed by atoms with Gasteiger partial charge in [0.1, 0.15) is 5.75 Å². The smallest absolute Gasteiger partial charge is 0.273 e. The van der Waals surface area contributed by atoms with Gasteiger partial charge in [0.2, 0.25) is 0 Å². The highest BCUT2D eigenvalue weighted by Gasteiger charge is 2.24. The number of rotatable bonds is 6. The van der Waals surface area contributed by atoms with Crippen molar-refractivity contribution in [3.8, 4) is 11.4 Å². The van der Waals surface area contributed by atoms with Crippen LogP contribution in [0.2, 0.25) is 0 Å². The molecule has 2 aromatic rings. The molecule has 0 saturated carbocycles. The van der Waals surface area contributed by atoms with Crippen molar-refractivity contribution in [1.29, 1.82) is 0 Å². The minimum atomic E-state index is -0.142. The number of carbonyl (C=O) groups excluding carboxylic acids is 1. The zero-order valence-corrected chi connectivity index (χ0v) is 16.5. The second-order valence-corrected chi connectivity index (χ2v) is 7.36. The quantitative estimate of drug-likeness (QED) is 0.815. The standard InChI is InChI=1S/C20H29N5O2/c1-5-18-19(20(26)22-15-10-11-21-14(4)12-15)23-24-25(18)16-6-8-17(9-7-16)27-13(2)3/h6-9,13-15,21H,5,10-12H2,1-4H3,(H,22,26). The van der Waals surface area contributed by atoms with Crippen molar-refractivity contribution in [3.63, 3.8) is 0 Å². The largest absolute Gasteiger partial charge is 0.491 e. The highest BCUT2D eigenvalue weighted by atomic mass is 16.5. The van der Waals surface area contributed by atoms with E-state index in [0.717, 1.165) is 36.5 Å². The van der Waals surface area contributed by atoms with Crippen molar-refractivity contribution in [3.05, 3.63) is 35.7 Å². The number of hydrogen-bond acceptors (Lipinski definition) is 5. The topological polar surface area (TPSA) is 81.1 Å². The lowest BCUT2D eigenvalue weighted by Gasteiger charge is -2.28. The van der Waals surface area contributed by atoms with Crippen LogP contribution < -0.4 is 15.4 Å². The normalized spacial score (nSPS) is 19.9. The summed E-state index contributed by atoms with van der Waals surface area (Å²) >= 11 is 0. The van der Waals surface area contributed by atoms with Gasteiger partial charge in [0.05, 0.1) is 17.5 Å². The van der Waals surface area contributed by atoms with Gasteiger partial charge in [-0.25, -0.2) is 4.68 Å². The van der Waals surface area contributed by atoms with Gasteiger partial charge in [0.15, 0.2) is 5.69 Å². The van der Waals surface area contributed by atoms with Crippen molar-refractivity contribution < 1.29 is 9.53 Å². The minimum absolute atomic E-state index is 0.126. The molecular formula is C20H29N5O2. The molecule has 1 fully saturated rings. The van der Waals surface area contributed by atoms with E-state index in [1.54, 1.807) is 4.68 Å². The van der Waals surface area contributed by atoms with Gasteiger partial charge in [-0.05, 0) is 70.8 Å². The number of carbonyl (C=O) groups is 1. The Morgan fingerprint density at radius 1 is 1.37 bits per heavy atom. The molecule has 1 amide bonds. The Hall–Kier alpha value is -2.41. The molecule has 2 atom stereocenters. The van der Waals surface area contributed by atoms with Crippen LogP contribution in [0.25, 0.3) is 5.69 Å². The van der Waals surface area contributed by atoms with Crippen molar-refractivity contribution in [2.24, 2.45) is 0 Å². The summed E-state index contributed by atoms with van der Waals surface area (Å²) in [6, 6.07) is 8.27. The summed E-state index contributed by atoms with van der Waals surface area (Å²) in [5.41, 5.74) is 2.09. The van der Waals surface area contributed by atoms with Crippen LogP contribution in [0.15, 0.2) is 24.3 Å². The van der Waals surface area contributed by atoms with Crippen LogP contribution in [0.1, 0.15) is 56.7 Å². The average Bonchev–Trinajstić information content (AvgIpc) is 3.06. The molecule has 7 heteroatoms. The Bertz CT molecular complexity index is 769. The van der Waals surface area contributed by atoms with E-state index >= 15 is 0 Å². The highest BCUT2D eigenvalue weighted by Crippen LogP contribution is 2.19. The average molecular weight is 371 g/mol. The summed E-state index contributed by atoms with van der Waals surface area (Å²) in [6.45, 7) is 9.06. The molecule has 2 unspecified atom stereocenters. The molecular weight excluding hydrogens is 342 g/mol. The lowest BCUT2D eigenvalue weighted by molar-refractivity contribution is 0.0919. The number of benzene rings is 1. The first-order valence-corrected chi connectivity index (χ1v) is 9.73. The van der Waals surface area contributed by atoms with E-state index < -0.39 is 0 Å². The molecule has 1 aromatic heterocycles. The van der Waals surface area contributed by atoms with E-state index in [1.165, 1.54) is 0 Å². The van der Waals surface area contributed by atoms with Crippen LogP contribution in [0, 0.1) is 0 Å². The van der Waals surface area contributed by atoms with E-state index in [0.29, 0.717) is 18.2 Å². The Labute approximate surface area is 160 Å². The van der Waals surface area contributed by atoms with Gasteiger partial charge in [-0.2, -0.15) is 0 Å². The summed E-state index contributed by atoms with van der Waals surface area (Å²) in [7, 11) is 0. The first-order chi connectivity index (χ1) is 13.0. The lowest BCUT2D eigenvalue weighted by atomic mass is 10.0. The van der Waals surface area contributed by atoms with Crippen LogP contribution in [0.4, 0.5) is 0 Å². The second kappa shape index (κ2) is 8.52. The lowest BCUT2D eigenvalue weighted by Crippen LogP contribution is -2.46. The molecule has 0 radical (unpaired) electrons. The van der Waals surface area contributed by atoms with Gasteiger partial charge in [-0.15, -0.1) is 5.10 Å². The maximum Gasteiger partial charge on any atom is 0.273 e.